The maximum Gasteiger partial charge on any atom is 0.0406 e. The zero-order valence-electron chi connectivity index (χ0n) is 10.9. The molecule has 2 aliphatic rings. The SMILES string of the molecule is CC(c1ccc(Cl)cc1)N1C[C@@H]2CCCN[C@@H]2C1. The minimum atomic E-state index is 0.495. The van der Waals surface area contributed by atoms with Gasteiger partial charge in [0.05, 0.1) is 0 Å². The third-order valence-corrected chi connectivity index (χ3v) is 4.78. The molecule has 0 aromatic heterocycles. The van der Waals surface area contributed by atoms with Crippen LogP contribution in [0.1, 0.15) is 31.4 Å². The molecule has 1 unspecified atom stereocenters. The van der Waals surface area contributed by atoms with Crippen molar-refractivity contribution < 1.29 is 0 Å². The van der Waals surface area contributed by atoms with Gasteiger partial charge in [-0.15, -0.1) is 0 Å². The third kappa shape index (κ3) is 2.42. The zero-order chi connectivity index (χ0) is 12.5. The first-order valence-electron chi connectivity index (χ1n) is 6.97. The quantitative estimate of drug-likeness (QED) is 0.883. The number of nitrogens with zero attached hydrogens (tertiary/aromatic N) is 1. The van der Waals surface area contributed by atoms with Crippen molar-refractivity contribution in [3.8, 4) is 0 Å². The second-order valence-corrected chi connectivity index (χ2v) is 6.08. The van der Waals surface area contributed by atoms with Crippen LogP contribution in [0, 0.1) is 5.92 Å². The summed E-state index contributed by atoms with van der Waals surface area (Å²) in [5.41, 5.74) is 1.37. The Hall–Kier alpha value is -0.570. The van der Waals surface area contributed by atoms with Gasteiger partial charge in [-0.2, -0.15) is 0 Å². The lowest BCUT2D eigenvalue weighted by molar-refractivity contribution is 0.251. The maximum atomic E-state index is 5.95. The van der Waals surface area contributed by atoms with E-state index in [1.807, 2.05) is 12.1 Å². The van der Waals surface area contributed by atoms with Crippen molar-refractivity contribution in [2.75, 3.05) is 19.6 Å². The number of halogens is 1. The highest BCUT2D eigenvalue weighted by Crippen LogP contribution is 2.31. The van der Waals surface area contributed by atoms with Gasteiger partial charge in [0.2, 0.25) is 0 Å². The predicted octanol–water partition coefficient (Wildman–Crippen LogP) is 3.08. The Kier molecular flexibility index (Phi) is 3.60. The number of nitrogens with one attached hydrogen (secondary N) is 1. The minimum absolute atomic E-state index is 0.495. The lowest BCUT2D eigenvalue weighted by Gasteiger charge is -2.25. The summed E-state index contributed by atoms with van der Waals surface area (Å²) in [5, 5.41) is 4.49. The molecule has 2 nitrogen and oxygen atoms in total. The molecule has 2 saturated heterocycles. The molecule has 3 heteroatoms. The van der Waals surface area contributed by atoms with E-state index in [1.165, 1.54) is 38.0 Å². The van der Waals surface area contributed by atoms with Crippen molar-refractivity contribution in [2.24, 2.45) is 5.92 Å². The van der Waals surface area contributed by atoms with Gasteiger partial charge in [0, 0.05) is 30.2 Å². The summed E-state index contributed by atoms with van der Waals surface area (Å²) in [7, 11) is 0. The van der Waals surface area contributed by atoms with E-state index in [-0.39, 0.29) is 0 Å². The predicted molar refractivity (Wildman–Crippen MR) is 76.0 cm³/mol. The van der Waals surface area contributed by atoms with E-state index < -0.39 is 0 Å². The highest BCUT2D eigenvalue weighted by atomic mass is 35.5. The summed E-state index contributed by atoms with van der Waals surface area (Å²) < 4.78 is 0. The second-order valence-electron chi connectivity index (χ2n) is 5.64. The van der Waals surface area contributed by atoms with Crippen LogP contribution in [0.3, 0.4) is 0 Å². The lowest BCUT2D eigenvalue weighted by Crippen LogP contribution is -2.40. The Bertz CT molecular complexity index is 389. The normalized spacial score (nSPS) is 30.1. The van der Waals surface area contributed by atoms with Gasteiger partial charge in [0.25, 0.3) is 0 Å². The summed E-state index contributed by atoms with van der Waals surface area (Å²) >= 11 is 5.95. The standard InChI is InChI=1S/C15H21ClN2/c1-11(12-4-6-14(16)7-5-12)18-9-13-3-2-8-17-15(13)10-18/h4-7,11,13,15,17H,2-3,8-10H2,1H3/t11?,13-,15+/m0/s1. The van der Waals surface area contributed by atoms with E-state index in [9.17, 15) is 0 Å². The molecule has 1 N–H and O–H groups in total. The van der Waals surface area contributed by atoms with Crippen LogP contribution in [0.25, 0.3) is 0 Å². The van der Waals surface area contributed by atoms with Gasteiger partial charge >= 0.3 is 0 Å². The van der Waals surface area contributed by atoms with E-state index >= 15 is 0 Å². The number of hydrogen-bond donors (Lipinski definition) is 1. The first kappa shape index (κ1) is 12.5. The van der Waals surface area contributed by atoms with Crippen LogP contribution < -0.4 is 5.32 Å². The van der Waals surface area contributed by atoms with Crippen molar-refractivity contribution in [1.29, 1.82) is 0 Å². The van der Waals surface area contributed by atoms with Crippen LogP contribution in [-0.4, -0.2) is 30.6 Å². The summed E-state index contributed by atoms with van der Waals surface area (Å²) in [4.78, 5) is 2.61. The summed E-state index contributed by atoms with van der Waals surface area (Å²) in [6.07, 6.45) is 2.73. The van der Waals surface area contributed by atoms with Crippen LogP contribution in [-0.2, 0) is 0 Å². The zero-order valence-corrected chi connectivity index (χ0v) is 11.7. The van der Waals surface area contributed by atoms with Crippen molar-refractivity contribution >= 4 is 11.6 Å². The van der Waals surface area contributed by atoms with Gasteiger partial charge in [0.15, 0.2) is 0 Å². The third-order valence-electron chi connectivity index (χ3n) is 4.53. The average Bonchev–Trinajstić information content (AvgIpc) is 2.82. The molecule has 0 radical (unpaired) electrons. The second kappa shape index (κ2) is 5.20. The molecule has 3 atom stereocenters. The van der Waals surface area contributed by atoms with Crippen LogP contribution in [0.4, 0.5) is 0 Å². The van der Waals surface area contributed by atoms with E-state index in [0.29, 0.717) is 12.1 Å². The van der Waals surface area contributed by atoms with Gasteiger partial charge in [-0.3, -0.25) is 4.90 Å². The molecule has 1 aromatic carbocycles. The fourth-order valence-electron chi connectivity index (χ4n) is 3.35. The van der Waals surface area contributed by atoms with Crippen molar-refractivity contribution in [3.05, 3.63) is 34.9 Å². The molecular weight excluding hydrogens is 244 g/mol. The van der Waals surface area contributed by atoms with Gasteiger partial charge in [-0.05, 0) is 49.9 Å². The summed E-state index contributed by atoms with van der Waals surface area (Å²) in [6, 6.07) is 9.51. The Labute approximate surface area is 114 Å². The van der Waals surface area contributed by atoms with Gasteiger partial charge < -0.3 is 5.32 Å². The fraction of sp³-hybridized carbons (Fsp3) is 0.600. The van der Waals surface area contributed by atoms with Crippen LogP contribution in [0.2, 0.25) is 5.02 Å². The van der Waals surface area contributed by atoms with Crippen molar-refractivity contribution in [3.63, 3.8) is 0 Å². The summed E-state index contributed by atoms with van der Waals surface area (Å²) in [5.74, 6) is 0.855. The highest BCUT2D eigenvalue weighted by Gasteiger charge is 2.36. The van der Waals surface area contributed by atoms with E-state index in [0.717, 1.165) is 10.9 Å². The molecule has 18 heavy (non-hydrogen) atoms. The number of hydrogen-bond acceptors (Lipinski definition) is 2. The molecular formula is C15H21ClN2. The highest BCUT2D eigenvalue weighted by molar-refractivity contribution is 6.30. The van der Waals surface area contributed by atoms with Crippen LogP contribution in [0.5, 0.6) is 0 Å². The smallest absolute Gasteiger partial charge is 0.0406 e. The van der Waals surface area contributed by atoms with E-state index in [1.54, 1.807) is 0 Å². The molecule has 2 fully saturated rings. The average molecular weight is 265 g/mol. The van der Waals surface area contributed by atoms with E-state index in [4.69, 9.17) is 11.6 Å². The number of rotatable bonds is 2. The van der Waals surface area contributed by atoms with Gasteiger partial charge in [0.1, 0.15) is 0 Å². The Balaban J connectivity index is 1.70. The molecule has 0 saturated carbocycles. The molecule has 0 bridgehead atoms. The molecule has 0 aliphatic carbocycles. The van der Waals surface area contributed by atoms with Gasteiger partial charge in [-0.25, -0.2) is 0 Å². The fourth-order valence-corrected chi connectivity index (χ4v) is 3.47. The first-order valence-corrected chi connectivity index (χ1v) is 7.35. The molecule has 2 heterocycles. The molecule has 1 aromatic rings. The molecule has 0 spiro atoms. The maximum absolute atomic E-state index is 5.95. The molecule has 2 aliphatic heterocycles. The van der Waals surface area contributed by atoms with Crippen LogP contribution in [0.15, 0.2) is 24.3 Å². The minimum Gasteiger partial charge on any atom is -0.312 e. The van der Waals surface area contributed by atoms with Crippen molar-refractivity contribution in [1.82, 2.24) is 10.2 Å². The summed E-state index contributed by atoms with van der Waals surface area (Å²) in [6.45, 7) is 5.93. The number of piperidine rings is 1. The van der Waals surface area contributed by atoms with E-state index in [2.05, 4.69) is 29.3 Å². The van der Waals surface area contributed by atoms with Crippen molar-refractivity contribution in [2.45, 2.75) is 31.8 Å². The Morgan fingerprint density at radius 1 is 1.28 bits per heavy atom. The Morgan fingerprint density at radius 3 is 2.78 bits per heavy atom. The lowest BCUT2D eigenvalue weighted by atomic mass is 9.94. The Morgan fingerprint density at radius 2 is 2.06 bits per heavy atom. The molecule has 3 rings (SSSR count). The first-order chi connectivity index (χ1) is 8.74. The largest absolute Gasteiger partial charge is 0.312 e. The molecule has 98 valence electrons. The number of benzene rings is 1. The number of fused-ring (bicyclic) bond motifs is 1. The van der Waals surface area contributed by atoms with Gasteiger partial charge in [-0.1, -0.05) is 23.7 Å². The molecule has 0 amide bonds. The topological polar surface area (TPSA) is 15.3 Å². The monoisotopic (exact) mass is 264 g/mol. The van der Waals surface area contributed by atoms with Crippen LogP contribution >= 0.6 is 11.6 Å². The number of likely N-dealkylation sites (tertiary alicyclic amines) is 1.